The van der Waals surface area contributed by atoms with Crippen LogP contribution in [0.5, 0.6) is 5.75 Å². The van der Waals surface area contributed by atoms with Crippen molar-refractivity contribution in [3.63, 3.8) is 0 Å². The van der Waals surface area contributed by atoms with Gasteiger partial charge in [0.15, 0.2) is 5.13 Å². The van der Waals surface area contributed by atoms with Crippen LogP contribution in [-0.2, 0) is 21.1 Å². The van der Waals surface area contributed by atoms with Gasteiger partial charge in [-0.25, -0.2) is 13.4 Å². The van der Waals surface area contributed by atoms with Crippen LogP contribution < -0.4 is 10.1 Å². The molecule has 0 saturated carbocycles. The number of nitrogens with one attached hydrogen (secondary N) is 1. The third-order valence-electron chi connectivity index (χ3n) is 4.18. The fourth-order valence-corrected chi connectivity index (χ4v) is 5.15. The monoisotopic (exact) mass is 447 g/mol. The van der Waals surface area contributed by atoms with Crippen LogP contribution in [0.4, 0.5) is 10.8 Å². The van der Waals surface area contributed by atoms with Gasteiger partial charge in [-0.2, -0.15) is 0 Å². The van der Waals surface area contributed by atoms with Crippen molar-refractivity contribution in [1.82, 2.24) is 4.98 Å². The van der Waals surface area contributed by atoms with E-state index in [0.29, 0.717) is 0 Å². The second kappa shape index (κ2) is 8.59. The van der Waals surface area contributed by atoms with Gasteiger partial charge in [0.2, 0.25) is 15.7 Å². The average Bonchev–Trinajstić information content (AvgIpc) is 3.17. The van der Waals surface area contributed by atoms with Gasteiger partial charge in [0.25, 0.3) is 5.69 Å². The molecule has 3 aromatic rings. The van der Waals surface area contributed by atoms with E-state index < -0.39 is 14.8 Å². The minimum Gasteiger partial charge on any atom is -0.496 e. The summed E-state index contributed by atoms with van der Waals surface area (Å²) in [7, 11) is -2.33. The number of non-ortho nitro benzene ring substituents is 1. The van der Waals surface area contributed by atoms with E-state index in [4.69, 9.17) is 4.74 Å². The molecule has 0 spiro atoms. The van der Waals surface area contributed by atoms with Gasteiger partial charge >= 0.3 is 0 Å². The number of aryl methyl sites for hydroxylation is 1. The number of thiazole rings is 1. The van der Waals surface area contributed by atoms with Gasteiger partial charge in [-0.05, 0) is 36.2 Å². The Balaban J connectivity index is 1.71. The number of carbonyl (C=O) groups excluding carboxylic acids is 1. The molecule has 0 aliphatic carbocycles. The van der Waals surface area contributed by atoms with Gasteiger partial charge in [0.05, 0.1) is 29.5 Å². The van der Waals surface area contributed by atoms with Crippen LogP contribution in [0.25, 0.3) is 0 Å². The lowest BCUT2D eigenvalue weighted by Gasteiger charge is -2.07. The Hall–Kier alpha value is -3.31. The first-order chi connectivity index (χ1) is 14.2. The molecule has 2 aromatic carbocycles. The van der Waals surface area contributed by atoms with Crippen molar-refractivity contribution in [3.05, 3.63) is 69.9 Å². The molecule has 1 aromatic heterocycles. The van der Waals surface area contributed by atoms with E-state index in [0.717, 1.165) is 58.7 Å². The highest BCUT2D eigenvalue weighted by atomic mass is 32.2. The number of hydrogen-bond donors (Lipinski definition) is 1. The Morgan fingerprint density at radius 2 is 1.93 bits per heavy atom. The smallest absolute Gasteiger partial charge is 0.269 e. The second-order valence-corrected chi connectivity index (χ2v) is 9.47. The predicted molar refractivity (Wildman–Crippen MR) is 111 cm³/mol. The summed E-state index contributed by atoms with van der Waals surface area (Å²) >= 11 is 0.808. The number of carbonyl (C=O) groups is 1. The van der Waals surface area contributed by atoms with E-state index >= 15 is 0 Å². The number of nitro benzene ring substituents is 1. The fourth-order valence-electron chi connectivity index (χ4n) is 2.70. The molecule has 9 nitrogen and oxygen atoms in total. The van der Waals surface area contributed by atoms with Gasteiger partial charge in [-0.15, -0.1) is 0 Å². The van der Waals surface area contributed by atoms with Gasteiger partial charge in [-0.3, -0.25) is 14.9 Å². The summed E-state index contributed by atoms with van der Waals surface area (Å²) in [6, 6.07) is 9.95. The maximum Gasteiger partial charge on any atom is 0.269 e. The Kier molecular flexibility index (Phi) is 6.13. The molecule has 0 unspecified atom stereocenters. The maximum atomic E-state index is 12.7. The summed E-state index contributed by atoms with van der Waals surface area (Å²) in [5.41, 5.74) is 1.47. The first-order valence-electron chi connectivity index (χ1n) is 8.59. The average molecular weight is 447 g/mol. The van der Waals surface area contributed by atoms with Crippen molar-refractivity contribution in [2.45, 2.75) is 22.4 Å². The zero-order valence-corrected chi connectivity index (χ0v) is 17.6. The number of ether oxygens (including phenoxy) is 1. The Bertz CT molecular complexity index is 1200. The molecule has 0 radical (unpaired) electrons. The minimum absolute atomic E-state index is 0.0769. The summed E-state index contributed by atoms with van der Waals surface area (Å²) in [6.45, 7) is 1.87. The minimum atomic E-state index is -3.90. The van der Waals surface area contributed by atoms with E-state index in [1.54, 1.807) is 19.2 Å². The van der Waals surface area contributed by atoms with Crippen molar-refractivity contribution < 1.29 is 22.9 Å². The molecule has 1 N–H and O–H groups in total. The Morgan fingerprint density at radius 1 is 1.23 bits per heavy atom. The Morgan fingerprint density at radius 3 is 2.53 bits per heavy atom. The number of anilines is 1. The summed E-state index contributed by atoms with van der Waals surface area (Å²) < 4.78 is 30.5. The van der Waals surface area contributed by atoms with Crippen LogP contribution in [0, 0.1) is 17.0 Å². The largest absolute Gasteiger partial charge is 0.496 e. The van der Waals surface area contributed by atoms with Crippen molar-refractivity contribution in [2.24, 2.45) is 0 Å². The number of nitrogens with zero attached hydrogens (tertiary/aromatic N) is 2. The molecule has 3 rings (SSSR count). The molecular weight excluding hydrogens is 430 g/mol. The topological polar surface area (TPSA) is 128 Å². The number of sulfone groups is 1. The molecule has 1 heterocycles. The van der Waals surface area contributed by atoms with Crippen LogP contribution in [0.2, 0.25) is 0 Å². The van der Waals surface area contributed by atoms with Crippen LogP contribution in [0.15, 0.2) is 57.8 Å². The fraction of sp³-hybridized carbons (Fsp3) is 0.158. The molecule has 0 bridgehead atoms. The lowest BCUT2D eigenvalue weighted by atomic mass is 10.1. The number of nitro groups is 1. The third-order valence-corrected chi connectivity index (χ3v) is 7.32. The lowest BCUT2D eigenvalue weighted by Crippen LogP contribution is -2.14. The molecule has 0 saturated heterocycles. The van der Waals surface area contributed by atoms with Crippen LogP contribution in [-0.4, -0.2) is 31.3 Å². The quantitative estimate of drug-likeness (QED) is 0.434. The summed E-state index contributed by atoms with van der Waals surface area (Å²) in [5.74, 6) is 0.383. The molecule has 11 heteroatoms. The number of rotatable bonds is 7. The Labute approximate surface area is 176 Å². The van der Waals surface area contributed by atoms with Crippen molar-refractivity contribution >= 4 is 37.9 Å². The number of aromatic nitrogens is 1. The van der Waals surface area contributed by atoms with E-state index in [-0.39, 0.29) is 32.3 Å². The summed E-state index contributed by atoms with van der Waals surface area (Å²) in [4.78, 5) is 26.3. The number of hydrogen-bond acceptors (Lipinski definition) is 8. The third kappa shape index (κ3) is 4.63. The van der Waals surface area contributed by atoms with Crippen LogP contribution >= 0.6 is 11.3 Å². The zero-order chi connectivity index (χ0) is 21.9. The van der Waals surface area contributed by atoms with E-state index in [9.17, 15) is 23.3 Å². The molecule has 156 valence electrons. The van der Waals surface area contributed by atoms with Crippen LogP contribution in [0.3, 0.4) is 0 Å². The SMILES string of the molecule is COc1ccc(CC(=O)Nc2ncc(S(=O)(=O)c3ccc([N+](=O)[O-])cc3)s2)cc1C. The highest BCUT2D eigenvalue weighted by Crippen LogP contribution is 2.29. The zero-order valence-electron chi connectivity index (χ0n) is 16.0. The van der Waals surface area contributed by atoms with E-state index in [1.807, 2.05) is 13.0 Å². The van der Waals surface area contributed by atoms with Crippen LogP contribution in [0.1, 0.15) is 11.1 Å². The molecule has 0 atom stereocenters. The van der Waals surface area contributed by atoms with Crippen molar-refractivity contribution in [1.29, 1.82) is 0 Å². The van der Waals surface area contributed by atoms with Gasteiger partial charge < -0.3 is 10.1 Å². The normalized spacial score (nSPS) is 11.1. The van der Waals surface area contributed by atoms with Gasteiger partial charge in [0.1, 0.15) is 9.96 Å². The highest BCUT2D eigenvalue weighted by molar-refractivity contribution is 7.93. The molecular formula is C19H17N3O6S2. The summed E-state index contributed by atoms with van der Waals surface area (Å²) in [6.07, 6.45) is 1.24. The highest BCUT2D eigenvalue weighted by Gasteiger charge is 2.22. The van der Waals surface area contributed by atoms with E-state index in [1.165, 1.54) is 0 Å². The molecule has 1 amide bonds. The lowest BCUT2D eigenvalue weighted by molar-refractivity contribution is -0.384. The van der Waals surface area contributed by atoms with Crippen molar-refractivity contribution in [2.75, 3.05) is 12.4 Å². The van der Waals surface area contributed by atoms with Gasteiger partial charge in [-0.1, -0.05) is 23.5 Å². The molecule has 0 fully saturated rings. The maximum absolute atomic E-state index is 12.7. The summed E-state index contributed by atoms with van der Waals surface area (Å²) in [5, 5.41) is 13.5. The van der Waals surface area contributed by atoms with E-state index in [2.05, 4.69) is 10.3 Å². The molecule has 0 aliphatic rings. The van der Waals surface area contributed by atoms with Gasteiger partial charge in [0, 0.05) is 12.1 Å². The van der Waals surface area contributed by atoms with Crippen molar-refractivity contribution in [3.8, 4) is 5.75 Å². The number of methoxy groups -OCH3 is 1. The first kappa shape index (κ1) is 21.4. The molecule has 30 heavy (non-hydrogen) atoms. The predicted octanol–water partition coefficient (Wildman–Crippen LogP) is 3.38. The molecule has 0 aliphatic heterocycles. The second-order valence-electron chi connectivity index (χ2n) is 6.27. The number of benzene rings is 2. The standard InChI is InChI=1S/C19H17N3O6S2/c1-12-9-13(3-8-16(12)28-2)10-17(23)21-19-20-11-18(29-19)30(26,27)15-6-4-14(5-7-15)22(24)25/h3-9,11H,10H2,1-2H3,(H,20,21,23). The number of amides is 1. The first-order valence-corrected chi connectivity index (χ1v) is 10.9.